The molecule has 0 atom stereocenters. The Balaban J connectivity index is 1.02. The number of rotatable bonds is 7. The predicted octanol–water partition coefficient (Wildman–Crippen LogP) is 14.9. The maximum atomic E-state index is 6.21. The van der Waals surface area contributed by atoms with Crippen molar-refractivity contribution in [2.24, 2.45) is 0 Å². The van der Waals surface area contributed by atoms with Crippen molar-refractivity contribution in [1.82, 2.24) is 0 Å². The second kappa shape index (κ2) is 13.4. The average Bonchev–Trinajstić information content (AvgIpc) is 3.63. The summed E-state index contributed by atoms with van der Waals surface area (Å²) in [5.41, 5.74) is 14.6. The second-order valence-corrected chi connectivity index (χ2v) is 13.8. The predicted molar refractivity (Wildman–Crippen MR) is 228 cm³/mol. The van der Waals surface area contributed by atoms with E-state index < -0.39 is 0 Å². The van der Waals surface area contributed by atoms with E-state index in [4.69, 9.17) is 4.42 Å². The summed E-state index contributed by atoms with van der Waals surface area (Å²) < 4.78 is 6.21. The molecule has 0 saturated carbocycles. The molecule has 0 bridgehead atoms. The number of hydrogen-bond donors (Lipinski definition) is 0. The first-order chi connectivity index (χ1) is 26.7. The van der Waals surface area contributed by atoms with Gasteiger partial charge in [0.25, 0.3) is 0 Å². The first-order valence-electron chi connectivity index (χ1n) is 18.4. The van der Waals surface area contributed by atoms with E-state index in [1.807, 2.05) is 12.1 Å². The fourth-order valence-electron chi connectivity index (χ4n) is 7.74. The van der Waals surface area contributed by atoms with Crippen LogP contribution < -0.4 is 4.90 Å². The molecule has 0 aliphatic rings. The first-order valence-corrected chi connectivity index (χ1v) is 18.4. The fraction of sp³-hybridized carbons (Fsp3) is 0. The smallest absolute Gasteiger partial charge is 0.135 e. The summed E-state index contributed by atoms with van der Waals surface area (Å²) >= 11 is 0. The van der Waals surface area contributed by atoms with E-state index in [1.54, 1.807) is 0 Å². The van der Waals surface area contributed by atoms with E-state index in [1.165, 1.54) is 55.3 Å². The van der Waals surface area contributed by atoms with Crippen molar-refractivity contribution in [3.8, 4) is 44.5 Å². The highest BCUT2D eigenvalue weighted by molar-refractivity contribution is 6.06. The Labute approximate surface area is 314 Å². The molecule has 0 N–H and O–H groups in total. The summed E-state index contributed by atoms with van der Waals surface area (Å²) in [4.78, 5) is 2.33. The molecule has 2 nitrogen and oxygen atoms in total. The van der Waals surface area contributed by atoms with Gasteiger partial charge < -0.3 is 9.32 Å². The van der Waals surface area contributed by atoms with E-state index in [-0.39, 0.29) is 0 Å². The van der Waals surface area contributed by atoms with E-state index in [0.717, 1.165) is 39.0 Å². The highest BCUT2D eigenvalue weighted by Crippen LogP contribution is 2.40. The van der Waals surface area contributed by atoms with Crippen LogP contribution >= 0.6 is 0 Å². The monoisotopic (exact) mass is 689 g/mol. The van der Waals surface area contributed by atoms with Gasteiger partial charge in [-0.15, -0.1) is 0 Å². The molecule has 54 heavy (non-hydrogen) atoms. The van der Waals surface area contributed by atoms with Crippen molar-refractivity contribution in [3.05, 3.63) is 212 Å². The summed E-state index contributed by atoms with van der Waals surface area (Å²) in [5, 5.41) is 4.73. The van der Waals surface area contributed by atoms with E-state index in [2.05, 4.69) is 205 Å². The summed E-state index contributed by atoms with van der Waals surface area (Å²) in [6.45, 7) is 0. The van der Waals surface area contributed by atoms with Crippen LogP contribution in [0.3, 0.4) is 0 Å². The minimum absolute atomic E-state index is 0.885. The van der Waals surface area contributed by atoms with Crippen LogP contribution in [0.5, 0.6) is 0 Å². The van der Waals surface area contributed by atoms with Crippen LogP contribution in [-0.4, -0.2) is 0 Å². The zero-order chi connectivity index (χ0) is 35.8. The van der Waals surface area contributed by atoms with Gasteiger partial charge in [0.2, 0.25) is 0 Å². The van der Waals surface area contributed by atoms with Gasteiger partial charge in [-0.1, -0.05) is 158 Å². The fourth-order valence-corrected chi connectivity index (χ4v) is 7.74. The van der Waals surface area contributed by atoms with Crippen LogP contribution in [0.2, 0.25) is 0 Å². The van der Waals surface area contributed by atoms with E-state index in [9.17, 15) is 0 Å². The Bertz CT molecular complexity index is 2900. The van der Waals surface area contributed by atoms with Gasteiger partial charge in [-0.3, -0.25) is 0 Å². The minimum Gasteiger partial charge on any atom is -0.456 e. The third-order valence-electron chi connectivity index (χ3n) is 10.5. The molecule has 0 saturated heterocycles. The molecule has 9 aromatic carbocycles. The Kier molecular flexibility index (Phi) is 7.85. The van der Waals surface area contributed by atoms with Crippen molar-refractivity contribution in [3.63, 3.8) is 0 Å². The number of furan rings is 1. The highest BCUT2D eigenvalue weighted by Gasteiger charge is 2.16. The number of nitrogens with zero attached hydrogens (tertiary/aromatic N) is 1. The molecule has 0 unspecified atom stereocenters. The second-order valence-electron chi connectivity index (χ2n) is 13.8. The maximum absolute atomic E-state index is 6.21. The Morgan fingerprint density at radius 3 is 1.48 bits per heavy atom. The van der Waals surface area contributed by atoms with Crippen LogP contribution in [0.25, 0.3) is 77.2 Å². The largest absolute Gasteiger partial charge is 0.456 e. The van der Waals surface area contributed by atoms with Crippen molar-refractivity contribution < 1.29 is 4.42 Å². The molecule has 10 rings (SSSR count). The van der Waals surface area contributed by atoms with Crippen molar-refractivity contribution >= 4 is 49.8 Å². The lowest BCUT2D eigenvalue weighted by Gasteiger charge is -2.26. The molecule has 1 heterocycles. The normalized spacial score (nSPS) is 11.3. The van der Waals surface area contributed by atoms with Gasteiger partial charge >= 0.3 is 0 Å². The lowest BCUT2D eigenvalue weighted by Crippen LogP contribution is -2.09. The molecule has 1 aromatic heterocycles. The van der Waals surface area contributed by atoms with Gasteiger partial charge in [-0.2, -0.15) is 0 Å². The molecule has 0 spiro atoms. The molecule has 0 aliphatic heterocycles. The number of para-hydroxylation sites is 1. The maximum Gasteiger partial charge on any atom is 0.135 e. The van der Waals surface area contributed by atoms with Crippen molar-refractivity contribution in [2.75, 3.05) is 4.90 Å². The number of anilines is 3. The lowest BCUT2D eigenvalue weighted by atomic mass is 9.95. The number of benzene rings is 9. The minimum atomic E-state index is 0.885. The van der Waals surface area contributed by atoms with Gasteiger partial charge in [-0.25, -0.2) is 0 Å². The Hall–Kier alpha value is -7.16. The van der Waals surface area contributed by atoms with Crippen LogP contribution in [0, 0.1) is 0 Å². The quantitative estimate of drug-likeness (QED) is 0.166. The zero-order valence-corrected chi connectivity index (χ0v) is 29.6. The van der Waals surface area contributed by atoms with E-state index >= 15 is 0 Å². The van der Waals surface area contributed by atoms with Crippen LogP contribution in [-0.2, 0) is 0 Å². The zero-order valence-electron chi connectivity index (χ0n) is 29.6. The molecule has 0 amide bonds. The molecule has 10 aromatic rings. The summed E-state index contributed by atoms with van der Waals surface area (Å²) in [6, 6.07) is 75.9. The Morgan fingerprint density at radius 2 is 0.759 bits per heavy atom. The first kappa shape index (κ1) is 31.6. The van der Waals surface area contributed by atoms with Gasteiger partial charge in [0.05, 0.1) is 0 Å². The van der Waals surface area contributed by atoms with Crippen molar-refractivity contribution in [1.29, 1.82) is 0 Å². The number of fused-ring (bicyclic) bond motifs is 4. The van der Waals surface area contributed by atoms with Gasteiger partial charge in [0, 0.05) is 27.8 Å². The lowest BCUT2D eigenvalue weighted by molar-refractivity contribution is 0.669. The van der Waals surface area contributed by atoms with Gasteiger partial charge in [0.1, 0.15) is 11.2 Å². The standard InChI is InChI=1S/C52H35NO/c1-2-10-36(11-3-1)37-20-22-38(23-21-37)39-24-28-44(29-25-39)53(46-32-33-52-50(35-46)49-17-6-7-19-51(49)54-52)45-30-26-40(27-31-45)42-14-8-15-43(34-42)48-18-9-13-41-12-4-5-16-47(41)48/h1-35H. The third-order valence-corrected chi connectivity index (χ3v) is 10.5. The SMILES string of the molecule is c1ccc(-c2ccc(-c3ccc(N(c4ccc(-c5cccc(-c6cccc7ccccc67)c5)cc4)c4ccc5oc6ccccc6c5c4)cc3)cc2)cc1. The molecule has 2 heteroatoms. The molecule has 0 radical (unpaired) electrons. The molecular formula is C52H35NO. The topological polar surface area (TPSA) is 16.4 Å². The molecule has 0 aliphatic carbocycles. The third kappa shape index (κ3) is 5.81. The summed E-state index contributed by atoms with van der Waals surface area (Å²) in [7, 11) is 0. The average molecular weight is 690 g/mol. The van der Waals surface area contributed by atoms with Gasteiger partial charge in [-0.05, 0) is 110 Å². The summed E-state index contributed by atoms with van der Waals surface area (Å²) in [5.74, 6) is 0. The highest BCUT2D eigenvalue weighted by atomic mass is 16.3. The van der Waals surface area contributed by atoms with Gasteiger partial charge in [0.15, 0.2) is 0 Å². The molecular weight excluding hydrogens is 655 g/mol. The molecule has 0 fully saturated rings. The molecule has 254 valence electrons. The van der Waals surface area contributed by atoms with Crippen molar-refractivity contribution in [2.45, 2.75) is 0 Å². The Morgan fingerprint density at radius 1 is 0.278 bits per heavy atom. The number of hydrogen-bond acceptors (Lipinski definition) is 2. The van der Waals surface area contributed by atoms with Crippen LogP contribution in [0.4, 0.5) is 17.1 Å². The summed E-state index contributed by atoms with van der Waals surface area (Å²) in [6.07, 6.45) is 0. The van der Waals surface area contributed by atoms with Crippen LogP contribution in [0.1, 0.15) is 0 Å². The van der Waals surface area contributed by atoms with Crippen LogP contribution in [0.15, 0.2) is 217 Å². The van der Waals surface area contributed by atoms with E-state index in [0.29, 0.717) is 0 Å².